The zero-order valence-electron chi connectivity index (χ0n) is 13.5. The Morgan fingerprint density at radius 2 is 2.09 bits per heavy atom. The second-order valence-corrected chi connectivity index (χ2v) is 6.88. The lowest BCUT2D eigenvalue weighted by atomic mass is 9.99. The largest absolute Gasteiger partial charge is 0.394 e. The van der Waals surface area contributed by atoms with Gasteiger partial charge < -0.3 is 20.5 Å². The second-order valence-electron chi connectivity index (χ2n) is 6.88. The molecular formula is C18H26N2O3. The Bertz CT molecular complexity index is 537. The molecule has 3 N–H and O–H groups in total. The molecule has 0 unspecified atom stereocenters. The van der Waals surface area contributed by atoms with Crippen molar-refractivity contribution in [3.05, 3.63) is 29.8 Å². The molecule has 3 rings (SSSR count). The van der Waals surface area contributed by atoms with Crippen LogP contribution in [-0.2, 0) is 11.3 Å². The van der Waals surface area contributed by atoms with Crippen LogP contribution in [0.5, 0.6) is 0 Å². The van der Waals surface area contributed by atoms with Gasteiger partial charge in [-0.1, -0.05) is 25.0 Å². The van der Waals surface area contributed by atoms with E-state index in [9.17, 15) is 9.90 Å². The Morgan fingerprint density at radius 1 is 1.30 bits per heavy atom. The van der Waals surface area contributed by atoms with Gasteiger partial charge in [0, 0.05) is 12.3 Å². The maximum absolute atomic E-state index is 12.2. The fraction of sp³-hybridized carbons (Fsp3) is 0.611. The summed E-state index contributed by atoms with van der Waals surface area (Å²) in [6, 6.07) is 7.47. The molecule has 1 aromatic carbocycles. The van der Waals surface area contributed by atoms with Crippen LogP contribution >= 0.6 is 0 Å². The fourth-order valence-corrected chi connectivity index (χ4v) is 3.14. The minimum absolute atomic E-state index is 0.00450. The zero-order valence-corrected chi connectivity index (χ0v) is 13.5. The second kappa shape index (κ2) is 7.32. The molecule has 2 saturated carbocycles. The van der Waals surface area contributed by atoms with Gasteiger partial charge >= 0.3 is 6.03 Å². The number of benzene rings is 1. The number of hydrogen-bond donors (Lipinski definition) is 3. The first kappa shape index (κ1) is 16.3. The highest BCUT2D eigenvalue weighted by Gasteiger charge is 2.34. The van der Waals surface area contributed by atoms with Gasteiger partial charge in [-0.2, -0.15) is 0 Å². The van der Waals surface area contributed by atoms with Crippen LogP contribution in [0.25, 0.3) is 0 Å². The highest BCUT2D eigenvalue weighted by atomic mass is 16.5. The van der Waals surface area contributed by atoms with Gasteiger partial charge in [0.2, 0.25) is 0 Å². The van der Waals surface area contributed by atoms with Crippen molar-refractivity contribution in [2.75, 3.05) is 18.5 Å². The molecule has 1 aromatic rings. The summed E-state index contributed by atoms with van der Waals surface area (Å²) in [4.78, 5) is 12.2. The van der Waals surface area contributed by atoms with Gasteiger partial charge in [-0.25, -0.2) is 4.79 Å². The SMILES string of the molecule is O=C(Nc1cccc(COCC2CC2)c1)NC1(CO)CCCC1. The van der Waals surface area contributed by atoms with E-state index in [1.807, 2.05) is 24.3 Å². The highest BCUT2D eigenvalue weighted by molar-refractivity contribution is 5.89. The first-order chi connectivity index (χ1) is 11.2. The van der Waals surface area contributed by atoms with Crippen LogP contribution in [0, 0.1) is 5.92 Å². The molecule has 126 valence electrons. The quantitative estimate of drug-likeness (QED) is 0.723. The third kappa shape index (κ3) is 4.69. The number of nitrogens with one attached hydrogen (secondary N) is 2. The number of urea groups is 1. The van der Waals surface area contributed by atoms with E-state index in [2.05, 4.69) is 10.6 Å². The molecule has 0 radical (unpaired) electrons. The fourth-order valence-electron chi connectivity index (χ4n) is 3.14. The minimum Gasteiger partial charge on any atom is -0.394 e. The predicted molar refractivity (Wildman–Crippen MR) is 89.3 cm³/mol. The van der Waals surface area contributed by atoms with Crippen LogP contribution in [-0.4, -0.2) is 29.9 Å². The van der Waals surface area contributed by atoms with Gasteiger partial charge in [0.25, 0.3) is 0 Å². The third-order valence-corrected chi connectivity index (χ3v) is 4.75. The normalized spacial score (nSPS) is 19.5. The van der Waals surface area contributed by atoms with Gasteiger partial charge in [-0.15, -0.1) is 0 Å². The van der Waals surface area contributed by atoms with Crippen LogP contribution in [0.15, 0.2) is 24.3 Å². The Balaban J connectivity index is 1.50. The Hall–Kier alpha value is -1.59. The molecule has 0 aromatic heterocycles. The van der Waals surface area contributed by atoms with Crippen molar-refractivity contribution in [1.29, 1.82) is 0 Å². The summed E-state index contributed by atoms with van der Waals surface area (Å²) in [6.07, 6.45) is 6.35. The molecule has 0 atom stereocenters. The number of rotatable bonds is 7. The number of aliphatic hydroxyl groups is 1. The molecule has 0 spiro atoms. The summed E-state index contributed by atoms with van der Waals surface area (Å²) in [5.74, 6) is 0.753. The summed E-state index contributed by atoms with van der Waals surface area (Å²) in [7, 11) is 0. The summed E-state index contributed by atoms with van der Waals surface area (Å²) in [6.45, 7) is 1.40. The van der Waals surface area contributed by atoms with E-state index >= 15 is 0 Å². The molecule has 5 heteroatoms. The summed E-state index contributed by atoms with van der Waals surface area (Å²) < 4.78 is 5.68. The molecule has 2 aliphatic carbocycles. The van der Waals surface area contributed by atoms with E-state index in [0.29, 0.717) is 6.61 Å². The Morgan fingerprint density at radius 3 is 2.78 bits per heavy atom. The van der Waals surface area contributed by atoms with Crippen molar-refractivity contribution >= 4 is 11.7 Å². The van der Waals surface area contributed by atoms with Crippen LogP contribution in [0.1, 0.15) is 44.1 Å². The van der Waals surface area contributed by atoms with Crippen molar-refractivity contribution in [3.8, 4) is 0 Å². The van der Waals surface area contributed by atoms with Crippen molar-refractivity contribution in [2.45, 2.75) is 50.7 Å². The standard InChI is InChI=1S/C18H26N2O3/c21-13-18(8-1-2-9-18)20-17(22)19-16-5-3-4-15(10-16)12-23-11-14-6-7-14/h3-5,10,14,21H,1-2,6-9,11-13H2,(H2,19,20,22). The van der Waals surface area contributed by atoms with Gasteiger partial charge in [-0.05, 0) is 49.3 Å². The van der Waals surface area contributed by atoms with Crippen molar-refractivity contribution in [2.24, 2.45) is 5.92 Å². The molecule has 2 aliphatic rings. The minimum atomic E-state index is -0.449. The number of aliphatic hydroxyl groups excluding tert-OH is 1. The van der Waals surface area contributed by atoms with E-state index < -0.39 is 5.54 Å². The maximum Gasteiger partial charge on any atom is 0.319 e. The van der Waals surface area contributed by atoms with Crippen LogP contribution in [0.4, 0.5) is 10.5 Å². The summed E-state index contributed by atoms with van der Waals surface area (Å²) in [5, 5.41) is 15.4. The number of amides is 2. The average molecular weight is 318 g/mol. The first-order valence-electron chi connectivity index (χ1n) is 8.56. The number of carbonyl (C=O) groups is 1. The molecule has 5 nitrogen and oxygen atoms in total. The van der Waals surface area contributed by atoms with E-state index in [1.54, 1.807) is 0 Å². The van der Waals surface area contributed by atoms with Crippen molar-refractivity contribution < 1.29 is 14.6 Å². The highest BCUT2D eigenvalue weighted by Crippen LogP contribution is 2.30. The molecule has 23 heavy (non-hydrogen) atoms. The number of anilines is 1. The lowest BCUT2D eigenvalue weighted by Gasteiger charge is -2.28. The number of carbonyl (C=O) groups excluding carboxylic acids is 1. The van der Waals surface area contributed by atoms with Crippen LogP contribution in [0.3, 0.4) is 0 Å². The van der Waals surface area contributed by atoms with E-state index in [1.165, 1.54) is 12.8 Å². The molecule has 2 fully saturated rings. The van der Waals surface area contributed by atoms with Crippen LogP contribution in [0.2, 0.25) is 0 Å². The molecule has 0 bridgehead atoms. The molecular weight excluding hydrogens is 292 g/mol. The summed E-state index contributed by atoms with van der Waals surface area (Å²) in [5.41, 5.74) is 1.36. The zero-order chi connectivity index (χ0) is 16.1. The summed E-state index contributed by atoms with van der Waals surface area (Å²) >= 11 is 0. The van der Waals surface area contributed by atoms with E-state index in [-0.39, 0.29) is 12.6 Å². The molecule has 2 amide bonds. The van der Waals surface area contributed by atoms with Gasteiger partial charge in [0.05, 0.1) is 18.8 Å². The van der Waals surface area contributed by atoms with Crippen molar-refractivity contribution in [1.82, 2.24) is 5.32 Å². The van der Waals surface area contributed by atoms with Gasteiger partial charge in [-0.3, -0.25) is 0 Å². The smallest absolute Gasteiger partial charge is 0.319 e. The van der Waals surface area contributed by atoms with E-state index in [4.69, 9.17) is 4.74 Å². The molecule has 0 heterocycles. The topological polar surface area (TPSA) is 70.6 Å². The Kier molecular flexibility index (Phi) is 5.18. The average Bonchev–Trinajstić information content (AvgIpc) is 3.25. The molecule has 0 aliphatic heterocycles. The molecule has 0 saturated heterocycles. The third-order valence-electron chi connectivity index (χ3n) is 4.75. The maximum atomic E-state index is 12.2. The lowest BCUT2D eigenvalue weighted by Crippen LogP contribution is -2.50. The van der Waals surface area contributed by atoms with Crippen molar-refractivity contribution in [3.63, 3.8) is 0 Å². The Labute approximate surface area is 137 Å². The lowest BCUT2D eigenvalue weighted by molar-refractivity contribution is 0.111. The number of hydrogen-bond acceptors (Lipinski definition) is 3. The van der Waals surface area contributed by atoms with Gasteiger partial charge in [0.1, 0.15) is 0 Å². The predicted octanol–water partition coefficient (Wildman–Crippen LogP) is 3.04. The van der Waals surface area contributed by atoms with Crippen LogP contribution < -0.4 is 10.6 Å². The van der Waals surface area contributed by atoms with E-state index in [0.717, 1.165) is 49.5 Å². The first-order valence-corrected chi connectivity index (χ1v) is 8.56. The number of ether oxygens (including phenoxy) is 1. The van der Waals surface area contributed by atoms with Gasteiger partial charge in [0.15, 0.2) is 0 Å². The monoisotopic (exact) mass is 318 g/mol.